The fourth-order valence-corrected chi connectivity index (χ4v) is 3.50. The highest BCUT2D eigenvalue weighted by atomic mass is 19.4. The van der Waals surface area contributed by atoms with Crippen LogP contribution in [0.5, 0.6) is 11.5 Å². The molecule has 1 aromatic carbocycles. The largest absolute Gasteiger partial charge is 0.493 e. The van der Waals surface area contributed by atoms with Crippen LogP contribution in [0.4, 0.5) is 13.2 Å². The van der Waals surface area contributed by atoms with Gasteiger partial charge >= 0.3 is 12.1 Å². The quantitative estimate of drug-likeness (QED) is 0.739. The number of alkyl halides is 3. The Morgan fingerprint density at radius 2 is 1.62 bits per heavy atom. The molecule has 1 heterocycles. The summed E-state index contributed by atoms with van der Waals surface area (Å²) in [5, 5.41) is 0. The minimum absolute atomic E-state index is 0.111. The number of methoxy groups -OCH3 is 2. The van der Waals surface area contributed by atoms with Crippen molar-refractivity contribution < 1.29 is 32.2 Å². The first kappa shape index (κ1) is 22.5. The maximum absolute atomic E-state index is 13.0. The van der Waals surface area contributed by atoms with E-state index in [-0.39, 0.29) is 25.3 Å². The highest BCUT2D eigenvalue weighted by molar-refractivity contribution is 6.00. The first-order valence-electron chi connectivity index (χ1n) is 9.24. The summed E-state index contributed by atoms with van der Waals surface area (Å²) in [6.45, 7) is 3.67. The molecule has 0 saturated heterocycles. The molecule has 1 aromatic rings. The number of ether oxygens (including phenoxy) is 2. The first-order chi connectivity index (χ1) is 13.7. The minimum atomic E-state index is -4.96. The molecule has 0 radical (unpaired) electrons. The van der Waals surface area contributed by atoms with Crippen molar-refractivity contribution in [3.8, 4) is 11.5 Å². The molecule has 3 rings (SSSR count). The third-order valence-corrected chi connectivity index (χ3v) is 4.89. The number of ketones is 1. The maximum Gasteiger partial charge on any atom is 0.471 e. The van der Waals surface area contributed by atoms with Gasteiger partial charge in [-0.3, -0.25) is 9.59 Å². The molecule has 1 amide bonds. The number of carbonyl (C=O) groups excluding carboxylic acids is 2. The number of fused-ring (bicyclic) bond motifs is 2. The van der Waals surface area contributed by atoms with Crippen molar-refractivity contribution >= 4 is 11.7 Å². The number of hydrogen-bond donors (Lipinski definition) is 0. The van der Waals surface area contributed by atoms with Gasteiger partial charge in [0.05, 0.1) is 14.2 Å². The molecule has 1 aliphatic heterocycles. The number of rotatable bonds is 2. The summed E-state index contributed by atoms with van der Waals surface area (Å²) in [6, 6.07) is 3.27. The number of allylic oxidation sites excluding steroid dienone is 4. The Kier molecular flexibility index (Phi) is 6.77. The van der Waals surface area contributed by atoms with E-state index in [1.54, 1.807) is 24.3 Å². The highest BCUT2D eigenvalue weighted by Gasteiger charge is 2.45. The lowest BCUT2D eigenvalue weighted by molar-refractivity contribution is -0.186. The van der Waals surface area contributed by atoms with Crippen molar-refractivity contribution in [1.82, 2.24) is 4.90 Å². The van der Waals surface area contributed by atoms with Crippen LogP contribution in [0, 0.1) is 0 Å². The average molecular weight is 411 g/mol. The third-order valence-electron chi connectivity index (χ3n) is 4.89. The first-order valence-corrected chi connectivity index (χ1v) is 9.24. The van der Waals surface area contributed by atoms with Gasteiger partial charge in [0.1, 0.15) is 0 Å². The summed E-state index contributed by atoms with van der Waals surface area (Å²) >= 11 is 0. The molecule has 29 heavy (non-hydrogen) atoms. The molecule has 5 nitrogen and oxygen atoms in total. The number of carbonyl (C=O) groups is 2. The number of halogens is 3. The van der Waals surface area contributed by atoms with Gasteiger partial charge in [-0.15, -0.1) is 0 Å². The van der Waals surface area contributed by atoms with Gasteiger partial charge in [0.25, 0.3) is 0 Å². The van der Waals surface area contributed by atoms with Crippen molar-refractivity contribution in [3.05, 3.63) is 47.6 Å². The van der Waals surface area contributed by atoms with Gasteiger partial charge in [-0.05, 0) is 41.8 Å². The van der Waals surface area contributed by atoms with Gasteiger partial charge in [-0.25, -0.2) is 0 Å². The van der Waals surface area contributed by atoms with E-state index in [0.29, 0.717) is 22.6 Å². The van der Waals surface area contributed by atoms with E-state index in [2.05, 4.69) is 0 Å². The lowest BCUT2D eigenvalue weighted by atomic mass is 9.73. The van der Waals surface area contributed by atoms with E-state index in [9.17, 15) is 22.8 Å². The summed E-state index contributed by atoms with van der Waals surface area (Å²) in [5.41, 5.74) is 0.382. The normalized spacial score (nSPS) is 17.2. The molecule has 0 fully saturated rings. The molecule has 0 bridgehead atoms. The van der Waals surface area contributed by atoms with Crippen LogP contribution in [0.25, 0.3) is 0 Å². The Labute approximate surface area is 167 Å². The van der Waals surface area contributed by atoms with E-state index in [1.807, 2.05) is 13.8 Å². The molecule has 158 valence electrons. The van der Waals surface area contributed by atoms with Crippen molar-refractivity contribution in [2.45, 2.75) is 38.4 Å². The molecule has 2 aliphatic rings. The smallest absolute Gasteiger partial charge is 0.471 e. The molecule has 1 spiro atoms. The zero-order chi connectivity index (χ0) is 21.8. The molecular formula is C21H24F3NO4. The predicted molar refractivity (Wildman–Crippen MR) is 102 cm³/mol. The minimum Gasteiger partial charge on any atom is -0.493 e. The van der Waals surface area contributed by atoms with Crippen LogP contribution in [0.1, 0.15) is 31.4 Å². The van der Waals surface area contributed by atoms with Gasteiger partial charge < -0.3 is 14.4 Å². The van der Waals surface area contributed by atoms with Gasteiger partial charge in [0, 0.05) is 18.5 Å². The summed E-state index contributed by atoms with van der Waals surface area (Å²) in [4.78, 5) is 24.2. The molecule has 1 aliphatic carbocycles. The molecule has 0 aromatic heterocycles. The number of benzene rings is 1. The van der Waals surface area contributed by atoms with Gasteiger partial charge in [0.15, 0.2) is 17.3 Å². The average Bonchev–Trinajstić information content (AvgIpc) is 2.86. The second-order valence-electron chi connectivity index (χ2n) is 6.45. The maximum atomic E-state index is 13.0. The SMILES string of the molecule is CC.COc1cc2c(cc1OC)C1(C=CC(=O)C=C1)CCN(C(=O)C(F)(F)F)C2. The lowest BCUT2D eigenvalue weighted by Crippen LogP contribution is -2.41. The van der Waals surface area contributed by atoms with Crippen LogP contribution in [-0.2, 0) is 21.5 Å². The van der Waals surface area contributed by atoms with E-state index in [0.717, 1.165) is 4.90 Å². The number of nitrogens with zero attached hydrogens (tertiary/aromatic N) is 1. The van der Waals surface area contributed by atoms with Crippen LogP contribution in [0.15, 0.2) is 36.4 Å². The molecule has 0 saturated carbocycles. The molecule has 0 atom stereocenters. The Hall–Kier alpha value is -2.77. The Balaban J connectivity index is 0.00000145. The van der Waals surface area contributed by atoms with Gasteiger partial charge in [0.2, 0.25) is 0 Å². The highest BCUT2D eigenvalue weighted by Crippen LogP contribution is 2.43. The molecule has 0 unspecified atom stereocenters. The van der Waals surface area contributed by atoms with E-state index < -0.39 is 17.5 Å². The summed E-state index contributed by atoms with van der Waals surface area (Å²) in [7, 11) is 2.89. The zero-order valence-electron chi connectivity index (χ0n) is 16.8. The molecule has 0 N–H and O–H groups in total. The van der Waals surface area contributed by atoms with Crippen LogP contribution >= 0.6 is 0 Å². The fraction of sp³-hybridized carbons (Fsp3) is 0.429. The molecule has 8 heteroatoms. The van der Waals surface area contributed by atoms with Crippen molar-refractivity contribution in [2.24, 2.45) is 0 Å². The lowest BCUT2D eigenvalue weighted by Gasteiger charge is -2.30. The topological polar surface area (TPSA) is 55.8 Å². The fourth-order valence-electron chi connectivity index (χ4n) is 3.50. The Morgan fingerprint density at radius 3 is 2.14 bits per heavy atom. The summed E-state index contributed by atoms with van der Waals surface area (Å²) in [6.07, 6.45) is 1.37. The van der Waals surface area contributed by atoms with Crippen LogP contribution in [0.3, 0.4) is 0 Å². The second-order valence-corrected chi connectivity index (χ2v) is 6.45. The second kappa shape index (κ2) is 8.71. The third kappa shape index (κ3) is 4.46. The predicted octanol–water partition coefficient (Wildman–Crippen LogP) is 3.96. The summed E-state index contributed by atoms with van der Waals surface area (Å²) < 4.78 is 49.5. The van der Waals surface area contributed by atoms with E-state index in [4.69, 9.17) is 9.47 Å². The van der Waals surface area contributed by atoms with Crippen LogP contribution < -0.4 is 9.47 Å². The van der Waals surface area contributed by atoms with Crippen molar-refractivity contribution in [3.63, 3.8) is 0 Å². The van der Waals surface area contributed by atoms with E-state index >= 15 is 0 Å². The zero-order valence-corrected chi connectivity index (χ0v) is 16.8. The standard InChI is InChI=1S/C19H18F3NO4.C2H6/c1-26-15-9-12-11-23(17(25)19(20,21)22)8-7-18(5-3-13(24)4-6-18)14(12)10-16(15)27-2;1-2/h3-6,9-10H,7-8,11H2,1-2H3;1-2H3. The van der Waals surface area contributed by atoms with Crippen LogP contribution in [0.2, 0.25) is 0 Å². The van der Waals surface area contributed by atoms with E-state index in [1.165, 1.54) is 26.4 Å². The van der Waals surface area contributed by atoms with Gasteiger partial charge in [-0.1, -0.05) is 26.0 Å². The number of hydrogen-bond acceptors (Lipinski definition) is 4. The Morgan fingerprint density at radius 1 is 1.07 bits per heavy atom. The van der Waals surface area contributed by atoms with Crippen molar-refractivity contribution in [2.75, 3.05) is 20.8 Å². The van der Waals surface area contributed by atoms with Gasteiger partial charge in [-0.2, -0.15) is 13.2 Å². The number of amides is 1. The Bertz CT molecular complexity index is 827. The van der Waals surface area contributed by atoms with Crippen LogP contribution in [-0.4, -0.2) is 43.5 Å². The molecular weight excluding hydrogens is 387 g/mol. The monoisotopic (exact) mass is 411 g/mol. The summed E-state index contributed by atoms with van der Waals surface area (Å²) in [5.74, 6) is -1.31. The van der Waals surface area contributed by atoms with Crippen molar-refractivity contribution in [1.29, 1.82) is 0 Å².